The molecule has 2 amide bonds. The van der Waals surface area contributed by atoms with Crippen LogP contribution in [0, 0.1) is 0 Å². The zero-order chi connectivity index (χ0) is 9.28. The number of aliphatic imine (C=N–C) groups is 1. The first-order chi connectivity index (χ1) is 5.22. The molecule has 0 saturated carbocycles. The van der Waals surface area contributed by atoms with Crippen LogP contribution in [0.3, 0.4) is 0 Å². The van der Waals surface area contributed by atoms with Gasteiger partial charge in [0.05, 0.1) is 0 Å². The first-order valence-electron chi connectivity index (χ1n) is 3.47. The van der Waals surface area contributed by atoms with Crippen LogP contribution in [0.5, 0.6) is 0 Å². The number of rotatable bonds is 0. The lowest BCUT2D eigenvalue weighted by atomic mass is 10.6. The number of nitrogens with zero attached hydrogens (tertiary/aromatic N) is 1. The van der Waals surface area contributed by atoms with E-state index in [2.05, 4.69) is 10.3 Å². The van der Waals surface area contributed by atoms with Gasteiger partial charge in [0.25, 0.3) is 0 Å². The summed E-state index contributed by atoms with van der Waals surface area (Å²) in [6.07, 6.45) is 1.28. The summed E-state index contributed by atoms with van der Waals surface area (Å²) in [5.41, 5.74) is 0. The van der Waals surface area contributed by atoms with E-state index in [-0.39, 0.29) is 0 Å². The van der Waals surface area contributed by atoms with Crippen LogP contribution < -0.4 is 5.32 Å². The average Bonchev–Trinajstić information content (AvgIpc) is 2.07. The highest BCUT2D eigenvalue weighted by molar-refractivity contribution is 6.36. The van der Waals surface area contributed by atoms with Crippen molar-refractivity contribution >= 4 is 18.0 Å². The third-order valence-corrected chi connectivity index (χ3v) is 0.668. The lowest BCUT2D eigenvalue weighted by Crippen LogP contribution is -2.25. The maximum atomic E-state index is 10.4. The Morgan fingerprint density at radius 3 is 2.09 bits per heavy atom. The van der Waals surface area contributed by atoms with Gasteiger partial charge >= 0.3 is 11.8 Å². The second kappa shape index (κ2) is 8.81. The summed E-state index contributed by atoms with van der Waals surface area (Å²) in [6, 6.07) is 0. The van der Waals surface area contributed by atoms with Crippen LogP contribution in [0.2, 0.25) is 0 Å². The van der Waals surface area contributed by atoms with Crippen molar-refractivity contribution in [2.45, 2.75) is 20.8 Å². The maximum Gasteiger partial charge on any atom is 0.334 e. The van der Waals surface area contributed by atoms with Crippen LogP contribution in [-0.2, 0) is 9.59 Å². The first kappa shape index (κ1) is 12.5. The second-order valence-corrected chi connectivity index (χ2v) is 1.27. The van der Waals surface area contributed by atoms with E-state index in [1.165, 1.54) is 13.3 Å². The molecule has 0 heterocycles. The molecule has 64 valence electrons. The summed E-state index contributed by atoms with van der Waals surface area (Å²) in [6.45, 7) is 5.57. The van der Waals surface area contributed by atoms with Crippen LogP contribution >= 0.6 is 0 Å². The SMILES string of the molecule is CC.CC=NC(=O)C(=O)NC. The van der Waals surface area contributed by atoms with Gasteiger partial charge in [-0.05, 0) is 6.92 Å². The summed E-state index contributed by atoms with van der Waals surface area (Å²) in [5, 5.41) is 2.15. The summed E-state index contributed by atoms with van der Waals surface area (Å²) in [7, 11) is 1.38. The first-order valence-corrected chi connectivity index (χ1v) is 3.47. The number of carbonyl (C=O) groups is 2. The largest absolute Gasteiger partial charge is 0.351 e. The molecule has 0 aliphatic carbocycles. The summed E-state index contributed by atoms with van der Waals surface area (Å²) >= 11 is 0. The smallest absolute Gasteiger partial charge is 0.334 e. The fourth-order valence-electron chi connectivity index (χ4n) is 0.283. The van der Waals surface area contributed by atoms with Crippen molar-refractivity contribution in [2.75, 3.05) is 7.05 Å². The minimum Gasteiger partial charge on any atom is -0.351 e. The van der Waals surface area contributed by atoms with E-state index in [1.807, 2.05) is 13.8 Å². The van der Waals surface area contributed by atoms with Gasteiger partial charge in [0.2, 0.25) is 0 Å². The molecule has 0 radical (unpaired) electrons. The topological polar surface area (TPSA) is 58.5 Å². The molecule has 0 aromatic heterocycles. The van der Waals surface area contributed by atoms with E-state index in [4.69, 9.17) is 0 Å². The monoisotopic (exact) mass is 158 g/mol. The molecule has 1 N–H and O–H groups in total. The zero-order valence-electron chi connectivity index (χ0n) is 7.34. The fourth-order valence-corrected chi connectivity index (χ4v) is 0.283. The third-order valence-electron chi connectivity index (χ3n) is 0.668. The lowest BCUT2D eigenvalue weighted by Gasteiger charge is -1.88. The highest BCUT2D eigenvalue weighted by Crippen LogP contribution is 1.71. The minimum absolute atomic E-state index is 0.687. The van der Waals surface area contributed by atoms with E-state index in [0.717, 1.165) is 0 Å². The zero-order valence-corrected chi connectivity index (χ0v) is 7.34. The number of hydrogen-bond donors (Lipinski definition) is 1. The van der Waals surface area contributed by atoms with E-state index in [0.29, 0.717) is 0 Å². The molecule has 0 bridgehead atoms. The molecule has 0 unspecified atom stereocenters. The predicted octanol–water partition coefficient (Wildman–Crippen LogP) is 0.376. The Bertz CT molecular complexity index is 153. The van der Waals surface area contributed by atoms with Gasteiger partial charge in [0.15, 0.2) is 0 Å². The van der Waals surface area contributed by atoms with Gasteiger partial charge in [-0.3, -0.25) is 9.59 Å². The molecule has 0 saturated heterocycles. The standard InChI is InChI=1S/C5H8N2O2.C2H6/c1-3-7-5(9)4(8)6-2;1-2/h3H,1-2H3,(H,6,8);1-2H3. The van der Waals surface area contributed by atoms with E-state index >= 15 is 0 Å². The van der Waals surface area contributed by atoms with Crippen molar-refractivity contribution in [1.82, 2.24) is 5.32 Å². The van der Waals surface area contributed by atoms with Crippen LogP contribution in [0.4, 0.5) is 0 Å². The van der Waals surface area contributed by atoms with E-state index in [1.54, 1.807) is 6.92 Å². The molecule has 4 heteroatoms. The van der Waals surface area contributed by atoms with Gasteiger partial charge in [-0.2, -0.15) is 0 Å². The van der Waals surface area contributed by atoms with Gasteiger partial charge in [-0.1, -0.05) is 13.8 Å². The molecule has 0 aliphatic heterocycles. The van der Waals surface area contributed by atoms with Crippen molar-refractivity contribution in [3.63, 3.8) is 0 Å². The van der Waals surface area contributed by atoms with Crippen molar-refractivity contribution in [3.05, 3.63) is 0 Å². The molecular weight excluding hydrogens is 144 g/mol. The Labute approximate surface area is 66.7 Å². The molecular formula is C7H14N2O2. The van der Waals surface area contributed by atoms with Crippen molar-refractivity contribution in [2.24, 2.45) is 4.99 Å². The maximum absolute atomic E-state index is 10.4. The Hall–Kier alpha value is -1.19. The minimum atomic E-state index is -0.764. The molecule has 0 atom stereocenters. The average molecular weight is 158 g/mol. The summed E-state index contributed by atoms with van der Waals surface area (Å²) in [5.74, 6) is -1.45. The Balaban J connectivity index is 0. The van der Waals surface area contributed by atoms with Gasteiger partial charge in [0.1, 0.15) is 0 Å². The number of nitrogens with one attached hydrogen (secondary N) is 1. The van der Waals surface area contributed by atoms with Crippen LogP contribution in [0.25, 0.3) is 0 Å². The van der Waals surface area contributed by atoms with Gasteiger partial charge in [-0.25, -0.2) is 4.99 Å². The quantitative estimate of drug-likeness (QED) is 0.409. The molecule has 0 aromatic carbocycles. The summed E-state index contributed by atoms with van der Waals surface area (Å²) < 4.78 is 0. The molecule has 0 aliphatic rings. The highest BCUT2D eigenvalue weighted by Gasteiger charge is 2.06. The van der Waals surface area contributed by atoms with Gasteiger partial charge in [-0.15, -0.1) is 0 Å². The van der Waals surface area contributed by atoms with Crippen LogP contribution in [0.1, 0.15) is 20.8 Å². The number of likely N-dealkylation sites (N-methyl/N-ethyl adjacent to an activating group) is 1. The highest BCUT2D eigenvalue weighted by atomic mass is 16.2. The molecule has 0 rings (SSSR count). The predicted molar refractivity (Wildman–Crippen MR) is 44.6 cm³/mol. The van der Waals surface area contributed by atoms with Crippen molar-refractivity contribution in [1.29, 1.82) is 0 Å². The van der Waals surface area contributed by atoms with E-state index < -0.39 is 11.8 Å². The van der Waals surface area contributed by atoms with Crippen LogP contribution in [0.15, 0.2) is 4.99 Å². The fraction of sp³-hybridized carbons (Fsp3) is 0.571. The molecule has 0 fully saturated rings. The van der Waals surface area contributed by atoms with Gasteiger partial charge in [0, 0.05) is 13.3 Å². The van der Waals surface area contributed by atoms with E-state index in [9.17, 15) is 9.59 Å². The molecule has 11 heavy (non-hydrogen) atoms. The lowest BCUT2D eigenvalue weighted by molar-refractivity contribution is -0.136. The number of carbonyl (C=O) groups excluding carboxylic acids is 2. The Kier molecular flexibility index (Phi) is 10.00. The molecule has 4 nitrogen and oxygen atoms in total. The Morgan fingerprint density at radius 2 is 1.82 bits per heavy atom. The normalized spacial score (nSPS) is 8.36. The van der Waals surface area contributed by atoms with Crippen molar-refractivity contribution < 1.29 is 9.59 Å². The second-order valence-electron chi connectivity index (χ2n) is 1.27. The summed E-state index contributed by atoms with van der Waals surface area (Å²) in [4.78, 5) is 23.9. The Morgan fingerprint density at radius 1 is 1.36 bits per heavy atom. The molecule has 0 spiro atoms. The number of hydrogen-bond acceptors (Lipinski definition) is 2. The number of amides is 2. The van der Waals surface area contributed by atoms with Crippen LogP contribution in [-0.4, -0.2) is 25.1 Å². The van der Waals surface area contributed by atoms with Gasteiger partial charge < -0.3 is 5.32 Å². The third kappa shape index (κ3) is 6.70. The van der Waals surface area contributed by atoms with Crippen molar-refractivity contribution in [3.8, 4) is 0 Å². The molecule has 0 aromatic rings.